The van der Waals surface area contributed by atoms with Crippen LogP contribution in [0.1, 0.15) is 17.7 Å². The first-order valence-corrected chi connectivity index (χ1v) is 6.65. The van der Waals surface area contributed by atoms with Gasteiger partial charge in [0.05, 0.1) is 11.3 Å². The third-order valence-electron chi connectivity index (χ3n) is 3.28. The van der Waals surface area contributed by atoms with Gasteiger partial charge in [0.1, 0.15) is 17.0 Å². The van der Waals surface area contributed by atoms with Crippen LogP contribution in [0.25, 0.3) is 10.2 Å². The zero-order valence-electron chi connectivity index (χ0n) is 9.88. The summed E-state index contributed by atoms with van der Waals surface area (Å²) in [5, 5.41) is 13.2. The Balaban J connectivity index is 1.78. The first-order chi connectivity index (χ1) is 8.63. The van der Waals surface area contributed by atoms with Gasteiger partial charge in [0, 0.05) is 10.9 Å². The molecule has 1 aliphatic rings. The van der Waals surface area contributed by atoms with Gasteiger partial charge >= 0.3 is 5.97 Å². The summed E-state index contributed by atoms with van der Waals surface area (Å²) in [7, 11) is 0. The lowest BCUT2D eigenvalue weighted by molar-refractivity contribution is -0.144. The van der Waals surface area contributed by atoms with Crippen molar-refractivity contribution in [3.63, 3.8) is 0 Å². The van der Waals surface area contributed by atoms with Gasteiger partial charge in [0.15, 0.2) is 0 Å². The molecular weight excluding hydrogens is 250 g/mol. The summed E-state index contributed by atoms with van der Waals surface area (Å²) < 4.78 is 0. The first kappa shape index (κ1) is 11.4. The van der Waals surface area contributed by atoms with Gasteiger partial charge in [-0.15, -0.1) is 11.3 Å². The van der Waals surface area contributed by atoms with E-state index in [1.807, 2.05) is 6.92 Å². The molecule has 5 nitrogen and oxygen atoms in total. The zero-order valence-corrected chi connectivity index (χ0v) is 10.7. The Morgan fingerprint density at radius 2 is 2.28 bits per heavy atom. The summed E-state index contributed by atoms with van der Waals surface area (Å²) in [5.74, 6) is -0.0884. The number of aliphatic carboxylic acids is 1. The lowest BCUT2D eigenvalue weighted by atomic mass is 9.80. The van der Waals surface area contributed by atoms with Crippen molar-refractivity contribution in [2.24, 2.45) is 5.92 Å². The fourth-order valence-electron chi connectivity index (χ4n) is 2.22. The minimum Gasteiger partial charge on any atom is -0.481 e. The highest BCUT2D eigenvalue weighted by Crippen LogP contribution is 2.33. The minimum absolute atomic E-state index is 0.205. The summed E-state index contributed by atoms with van der Waals surface area (Å²) in [5.41, 5.74) is 0. The molecule has 0 unspecified atom stereocenters. The number of carbonyl (C=O) groups is 1. The summed E-state index contributed by atoms with van der Waals surface area (Å²) >= 11 is 1.64. The van der Waals surface area contributed by atoms with Crippen molar-refractivity contribution in [1.82, 2.24) is 9.97 Å². The number of aryl methyl sites for hydroxylation is 1. The van der Waals surface area contributed by atoms with Gasteiger partial charge in [-0.3, -0.25) is 4.79 Å². The maximum absolute atomic E-state index is 10.7. The average molecular weight is 263 g/mol. The molecule has 6 heteroatoms. The molecule has 2 aromatic rings. The van der Waals surface area contributed by atoms with Crippen molar-refractivity contribution in [3.8, 4) is 0 Å². The van der Waals surface area contributed by atoms with Crippen molar-refractivity contribution in [2.45, 2.75) is 25.8 Å². The number of carboxylic acid groups (broad SMARTS) is 1. The van der Waals surface area contributed by atoms with Crippen LogP contribution in [0.2, 0.25) is 0 Å². The normalized spacial score (nSPS) is 22.7. The maximum atomic E-state index is 10.7. The average Bonchev–Trinajstić information content (AvgIpc) is 2.63. The minimum atomic E-state index is -0.702. The Hall–Kier alpha value is -1.69. The molecular formula is C12H13N3O2S. The highest BCUT2D eigenvalue weighted by atomic mass is 32.1. The molecule has 0 spiro atoms. The Morgan fingerprint density at radius 3 is 3.00 bits per heavy atom. The third kappa shape index (κ3) is 1.92. The Morgan fingerprint density at radius 1 is 1.50 bits per heavy atom. The molecule has 3 rings (SSSR count). The largest absolute Gasteiger partial charge is 0.481 e. The number of anilines is 1. The lowest BCUT2D eigenvalue weighted by Crippen LogP contribution is -2.39. The van der Waals surface area contributed by atoms with Gasteiger partial charge in [0.25, 0.3) is 0 Å². The predicted octanol–water partition coefficient (Wildman–Crippen LogP) is 2.27. The standard InChI is InChI=1S/C12H13N3O2S/c1-6-2-9-10(13-5-14-11(9)18-6)15-8-3-7(4-8)12(16)17/h2,5,7-8H,3-4H2,1H3,(H,16,17)(H,13,14,15). The van der Waals surface area contributed by atoms with Crippen LogP contribution in [0, 0.1) is 12.8 Å². The molecule has 0 aromatic carbocycles. The van der Waals surface area contributed by atoms with E-state index < -0.39 is 5.97 Å². The van der Waals surface area contributed by atoms with Crippen molar-refractivity contribution in [3.05, 3.63) is 17.3 Å². The van der Waals surface area contributed by atoms with Crippen molar-refractivity contribution in [2.75, 3.05) is 5.32 Å². The van der Waals surface area contributed by atoms with E-state index in [0.717, 1.165) is 16.0 Å². The van der Waals surface area contributed by atoms with Crippen LogP contribution in [-0.2, 0) is 4.79 Å². The van der Waals surface area contributed by atoms with Crippen molar-refractivity contribution >= 4 is 33.3 Å². The molecule has 0 amide bonds. The molecule has 0 saturated heterocycles. The molecule has 0 bridgehead atoms. The molecule has 18 heavy (non-hydrogen) atoms. The maximum Gasteiger partial charge on any atom is 0.306 e. The molecule has 94 valence electrons. The Labute approximate surface area is 108 Å². The van der Waals surface area contributed by atoms with Crippen LogP contribution in [0.4, 0.5) is 5.82 Å². The molecule has 1 fully saturated rings. The molecule has 2 aromatic heterocycles. The smallest absolute Gasteiger partial charge is 0.306 e. The van der Waals surface area contributed by atoms with E-state index in [-0.39, 0.29) is 12.0 Å². The van der Waals surface area contributed by atoms with E-state index in [1.165, 1.54) is 4.88 Å². The summed E-state index contributed by atoms with van der Waals surface area (Å²) in [4.78, 5) is 21.4. The second-order valence-corrected chi connectivity index (χ2v) is 5.88. The number of nitrogens with zero attached hydrogens (tertiary/aromatic N) is 2. The van der Waals surface area contributed by atoms with Gasteiger partial charge in [0.2, 0.25) is 0 Å². The number of fused-ring (bicyclic) bond motifs is 1. The molecule has 0 aliphatic heterocycles. The quantitative estimate of drug-likeness (QED) is 0.888. The van der Waals surface area contributed by atoms with Crippen LogP contribution in [-0.4, -0.2) is 27.1 Å². The Bertz CT molecular complexity index is 604. The van der Waals surface area contributed by atoms with Gasteiger partial charge in [-0.05, 0) is 25.8 Å². The van der Waals surface area contributed by atoms with E-state index in [4.69, 9.17) is 5.11 Å². The second kappa shape index (κ2) is 4.20. The van der Waals surface area contributed by atoms with E-state index >= 15 is 0 Å². The number of rotatable bonds is 3. The fourth-order valence-corrected chi connectivity index (χ4v) is 3.07. The highest BCUT2D eigenvalue weighted by Gasteiger charge is 2.34. The Kier molecular flexibility index (Phi) is 2.66. The van der Waals surface area contributed by atoms with Gasteiger partial charge < -0.3 is 10.4 Å². The molecule has 1 aliphatic carbocycles. The zero-order chi connectivity index (χ0) is 12.7. The van der Waals surface area contributed by atoms with E-state index in [2.05, 4.69) is 21.4 Å². The molecule has 0 radical (unpaired) electrons. The number of hydrogen-bond acceptors (Lipinski definition) is 5. The number of hydrogen-bond donors (Lipinski definition) is 2. The van der Waals surface area contributed by atoms with Crippen LogP contribution in [0.5, 0.6) is 0 Å². The van der Waals surface area contributed by atoms with Crippen molar-refractivity contribution in [1.29, 1.82) is 0 Å². The predicted molar refractivity (Wildman–Crippen MR) is 69.9 cm³/mol. The van der Waals surface area contributed by atoms with Gasteiger partial charge in [-0.2, -0.15) is 0 Å². The third-order valence-corrected chi connectivity index (χ3v) is 4.24. The fraction of sp³-hybridized carbons (Fsp3) is 0.417. The summed E-state index contributed by atoms with van der Waals surface area (Å²) in [6.45, 7) is 2.04. The summed E-state index contributed by atoms with van der Waals surface area (Å²) in [6, 6.07) is 2.28. The number of nitrogens with one attached hydrogen (secondary N) is 1. The highest BCUT2D eigenvalue weighted by molar-refractivity contribution is 7.18. The number of thiophene rings is 1. The first-order valence-electron chi connectivity index (χ1n) is 5.84. The SMILES string of the molecule is Cc1cc2c(NC3CC(C(=O)O)C3)ncnc2s1. The van der Waals surface area contributed by atoms with Gasteiger partial charge in [-0.25, -0.2) is 9.97 Å². The monoisotopic (exact) mass is 263 g/mol. The van der Waals surface area contributed by atoms with E-state index in [1.54, 1.807) is 17.7 Å². The topological polar surface area (TPSA) is 75.1 Å². The molecule has 0 atom stereocenters. The van der Waals surface area contributed by atoms with E-state index in [9.17, 15) is 4.79 Å². The number of carboxylic acids is 1. The lowest BCUT2D eigenvalue weighted by Gasteiger charge is -2.33. The van der Waals surface area contributed by atoms with E-state index in [0.29, 0.717) is 12.8 Å². The van der Waals surface area contributed by atoms with Crippen LogP contribution in [0.15, 0.2) is 12.4 Å². The second-order valence-electron chi connectivity index (χ2n) is 4.65. The summed E-state index contributed by atoms with van der Waals surface area (Å²) in [6.07, 6.45) is 2.89. The van der Waals surface area contributed by atoms with Gasteiger partial charge in [-0.1, -0.05) is 0 Å². The molecule has 2 N–H and O–H groups in total. The van der Waals surface area contributed by atoms with Crippen molar-refractivity contribution < 1.29 is 9.90 Å². The molecule has 2 heterocycles. The van der Waals surface area contributed by atoms with Crippen LogP contribution < -0.4 is 5.32 Å². The van der Waals surface area contributed by atoms with Crippen LogP contribution >= 0.6 is 11.3 Å². The molecule has 1 saturated carbocycles. The van der Waals surface area contributed by atoms with Crippen LogP contribution in [0.3, 0.4) is 0 Å². The number of aromatic nitrogens is 2.